The molecule has 1 aromatic carbocycles. The van der Waals surface area contributed by atoms with E-state index in [2.05, 4.69) is 15.6 Å². The molecule has 0 aliphatic rings. The Morgan fingerprint density at radius 3 is 2.48 bits per heavy atom. The molecule has 3 N–H and O–H groups in total. The highest BCUT2D eigenvalue weighted by atomic mass is 32.1. The number of nitrogens with one attached hydrogen (secondary N) is 2. The van der Waals surface area contributed by atoms with Crippen molar-refractivity contribution in [3.8, 4) is 0 Å². The van der Waals surface area contributed by atoms with Crippen LogP contribution in [0.4, 0.5) is 13.9 Å². The first kappa shape index (κ1) is 20.9. The SMILES string of the molecule is CCCC(NC(=O)Cc1cc(F)cc(F)c1)C(=O)Nc1ncc(C(C)O)s1. The van der Waals surface area contributed by atoms with Gasteiger partial charge in [-0.2, -0.15) is 0 Å². The second-order valence-corrected chi connectivity index (χ2v) is 7.16. The van der Waals surface area contributed by atoms with E-state index in [1.165, 1.54) is 6.20 Å². The topological polar surface area (TPSA) is 91.3 Å². The quantitative estimate of drug-likeness (QED) is 0.639. The highest BCUT2D eigenvalue weighted by Crippen LogP contribution is 2.24. The van der Waals surface area contributed by atoms with Crippen molar-refractivity contribution in [1.29, 1.82) is 0 Å². The van der Waals surface area contributed by atoms with E-state index in [1.54, 1.807) is 6.92 Å². The smallest absolute Gasteiger partial charge is 0.248 e. The molecule has 1 heterocycles. The molecule has 0 saturated heterocycles. The first-order valence-electron chi connectivity index (χ1n) is 8.47. The molecule has 2 aromatic rings. The molecule has 1 aromatic heterocycles. The highest BCUT2D eigenvalue weighted by Gasteiger charge is 2.21. The normalized spacial score (nSPS) is 13.1. The number of anilines is 1. The van der Waals surface area contributed by atoms with Crippen LogP contribution in [-0.4, -0.2) is 27.9 Å². The van der Waals surface area contributed by atoms with E-state index in [0.717, 1.165) is 29.5 Å². The van der Waals surface area contributed by atoms with Gasteiger partial charge in [0.1, 0.15) is 17.7 Å². The fourth-order valence-corrected chi connectivity index (χ4v) is 3.19. The molecule has 27 heavy (non-hydrogen) atoms. The van der Waals surface area contributed by atoms with Gasteiger partial charge < -0.3 is 15.7 Å². The van der Waals surface area contributed by atoms with Crippen LogP contribution in [0.5, 0.6) is 0 Å². The summed E-state index contributed by atoms with van der Waals surface area (Å²) in [5, 5.41) is 15.0. The average Bonchev–Trinajstić information content (AvgIpc) is 3.02. The molecule has 0 bridgehead atoms. The average molecular weight is 397 g/mol. The number of carbonyl (C=O) groups excluding carboxylic acids is 2. The van der Waals surface area contributed by atoms with E-state index in [-0.39, 0.29) is 12.0 Å². The van der Waals surface area contributed by atoms with Crippen molar-refractivity contribution < 1.29 is 23.5 Å². The van der Waals surface area contributed by atoms with Gasteiger partial charge in [0, 0.05) is 12.3 Å². The first-order chi connectivity index (χ1) is 12.8. The number of hydrogen-bond acceptors (Lipinski definition) is 5. The molecule has 2 unspecified atom stereocenters. The van der Waals surface area contributed by atoms with E-state index < -0.39 is 35.6 Å². The van der Waals surface area contributed by atoms with Crippen molar-refractivity contribution in [2.45, 2.75) is 45.3 Å². The van der Waals surface area contributed by atoms with Gasteiger partial charge in [0.2, 0.25) is 11.8 Å². The van der Waals surface area contributed by atoms with Crippen molar-refractivity contribution in [2.75, 3.05) is 5.32 Å². The molecule has 2 atom stereocenters. The molecule has 0 radical (unpaired) electrons. The van der Waals surface area contributed by atoms with Crippen LogP contribution in [0.2, 0.25) is 0 Å². The molecule has 2 rings (SSSR count). The third-order valence-corrected chi connectivity index (χ3v) is 4.76. The number of rotatable bonds is 8. The van der Waals surface area contributed by atoms with Crippen molar-refractivity contribution >= 4 is 28.3 Å². The Morgan fingerprint density at radius 2 is 1.93 bits per heavy atom. The van der Waals surface area contributed by atoms with Crippen LogP contribution in [0.15, 0.2) is 24.4 Å². The highest BCUT2D eigenvalue weighted by molar-refractivity contribution is 7.15. The molecule has 0 aliphatic carbocycles. The zero-order valence-electron chi connectivity index (χ0n) is 15.0. The number of halogens is 2. The Kier molecular flexibility index (Phi) is 7.37. The maximum atomic E-state index is 13.2. The molecule has 0 spiro atoms. The molecule has 9 heteroatoms. The van der Waals surface area contributed by atoms with Gasteiger partial charge in [-0.3, -0.25) is 9.59 Å². The molecule has 2 amide bonds. The van der Waals surface area contributed by atoms with Crippen LogP contribution in [0, 0.1) is 11.6 Å². The van der Waals surface area contributed by atoms with E-state index >= 15 is 0 Å². The van der Waals surface area contributed by atoms with Crippen molar-refractivity contribution in [1.82, 2.24) is 10.3 Å². The number of aromatic nitrogens is 1. The largest absolute Gasteiger partial charge is 0.388 e. The Balaban J connectivity index is 2.00. The van der Waals surface area contributed by atoms with Crippen LogP contribution in [0.3, 0.4) is 0 Å². The van der Waals surface area contributed by atoms with Gasteiger partial charge in [-0.1, -0.05) is 24.7 Å². The molecular weight excluding hydrogens is 376 g/mol. The zero-order chi connectivity index (χ0) is 20.0. The van der Waals surface area contributed by atoms with Crippen molar-refractivity contribution in [3.63, 3.8) is 0 Å². The number of hydrogen-bond donors (Lipinski definition) is 3. The molecular formula is C18H21F2N3O3S. The molecule has 0 fully saturated rings. The van der Waals surface area contributed by atoms with Crippen LogP contribution >= 0.6 is 11.3 Å². The van der Waals surface area contributed by atoms with Gasteiger partial charge >= 0.3 is 0 Å². The number of aliphatic hydroxyl groups is 1. The number of nitrogens with zero attached hydrogens (tertiary/aromatic N) is 1. The summed E-state index contributed by atoms with van der Waals surface area (Å²) < 4.78 is 26.5. The third-order valence-electron chi connectivity index (χ3n) is 3.68. The summed E-state index contributed by atoms with van der Waals surface area (Å²) >= 11 is 1.14. The lowest BCUT2D eigenvalue weighted by Gasteiger charge is -2.17. The summed E-state index contributed by atoms with van der Waals surface area (Å²) in [6.45, 7) is 3.46. The fraction of sp³-hybridized carbons (Fsp3) is 0.389. The maximum Gasteiger partial charge on any atom is 0.248 e. The van der Waals surface area contributed by atoms with E-state index in [9.17, 15) is 23.5 Å². The van der Waals surface area contributed by atoms with Crippen LogP contribution < -0.4 is 10.6 Å². The zero-order valence-corrected chi connectivity index (χ0v) is 15.8. The van der Waals surface area contributed by atoms with Crippen LogP contribution in [0.1, 0.15) is 43.2 Å². The van der Waals surface area contributed by atoms with E-state index in [0.29, 0.717) is 22.9 Å². The molecule has 0 aliphatic heterocycles. The van der Waals surface area contributed by atoms with Gasteiger partial charge in [-0.25, -0.2) is 13.8 Å². The summed E-state index contributed by atoms with van der Waals surface area (Å²) in [6.07, 6.45) is 1.57. The number of thiazole rings is 1. The van der Waals surface area contributed by atoms with Gasteiger partial charge in [-0.15, -0.1) is 0 Å². The summed E-state index contributed by atoms with van der Waals surface area (Å²) in [6, 6.07) is 2.07. The predicted octanol–water partition coefficient (Wildman–Crippen LogP) is 2.94. The lowest BCUT2D eigenvalue weighted by Crippen LogP contribution is -2.44. The summed E-state index contributed by atoms with van der Waals surface area (Å²) in [5.41, 5.74) is 0.183. The monoisotopic (exact) mass is 397 g/mol. The molecule has 146 valence electrons. The summed E-state index contributed by atoms with van der Waals surface area (Å²) in [4.78, 5) is 29.2. The number of carbonyl (C=O) groups is 2. The van der Waals surface area contributed by atoms with Gasteiger partial charge in [-0.05, 0) is 31.0 Å². The van der Waals surface area contributed by atoms with Crippen LogP contribution in [-0.2, 0) is 16.0 Å². The minimum absolute atomic E-state index is 0.183. The molecule has 0 saturated carbocycles. The Hall–Kier alpha value is -2.39. The Morgan fingerprint density at radius 1 is 1.26 bits per heavy atom. The van der Waals surface area contributed by atoms with Gasteiger partial charge in [0.25, 0.3) is 0 Å². The minimum Gasteiger partial charge on any atom is -0.388 e. The number of amides is 2. The lowest BCUT2D eigenvalue weighted by molar-refractivity contribution is -0.126. The van der Waals surface area contributed by atoms with Crippen molar-refractivity contribution in [2.24, 2.45) is 0 Å². The standard InChI is InChI=1S/C18H21F2N3O3S/c1-3-4-14(17(26)23-18-21-9-15(27-18)10(2)24)22-16(25)7-11-5-12(19)8-13(20)6-11/h5-6,8-10,14,24H,3-4,7H2,1-2H3,(H,22,25)(H,21,23,26). The first-order valence-corrected chi connectivity index (χ1v) is 9.29. The third kappa shape index (κ3) is 6.37. The predicted molar refractivity (Wildman–Crippen MR) is 98.3 cm³/mol. The number of benzene rings is 1. The Bertz CT molecular complexity index is 791. The number of aliphatic hydroxyl groups excluding tert-OH is 1. The molecule has 6 nitrogen and oxygen atoms in total. The van der Waals surface area contributed by atoms with Crippen molar-refractivity contribution in [3.05, 3.63) is 46.5 Å². The van der Waals surface area contributed by atoms with Gasteiger partial charge in [0.15, 0.2) is 5.13 Å². The van der Waals surface area contributed by atoms with Gasteiger partial charge in [0.05, 0.1) is 17.4 Å². The minimum atomic E-state index is -0.806. The maximum absolute atomic E-state index is 13.2. The second-order valence-electron chi connectivity index (χ2n) is 6.10. The summed E-state index contributed by atoms with van der Waals surface area (Å²) in [5.74, 6) is -2.49. The van der Waals surface area contributed by atoms with E-state index in [1.807, 2.05) is 6.92 Å². The van der Waals surface area contributed by atoms with E-state index in [4.69, 9.17) is 0 Å². The second kappa shape index (κ2) is 9.52. The Labute approximate surface area is 159 Å². The van der Waals surface area contributed by atoms with Crippen LogP contribution in [0.25, 0.3) is 0 Å². The lowest BCUT2D eigenvalue weighted by atomic mass is 10.1. The summed E-state index contributed by atoms with van der Waals surface area (Å²) in [7, 11) is 0. The fourth-order valence-electron chi connectivity index (χ4n) is 2.43.